The molecule has 0 heterocycles. The number of carbonyl (C=O) groups excluding carboxylic acids is 1. The lowest BCUT2D eigenvalue weighted by Gasteiger charge is -2.21. The Kier molecular flexibility index (Phi) is 5.89. The van der Waals surface area contributed by atoms with Crippen molar-refractivity contribution in [3.8, 4) is 16.9 Å². The zero-order valence-corrected chi connectivity index (χ0v) is 15.5. The van der Waals surface area contributed by atoms with Gasteiger partial charge in [-0.2, -0.15) is 0 Å². The molecule has 0 radical (unpaired) electrons. The number of benzene rings is 3. The standard InChI is InChI=1S/C23H23NO3/c1-24(16-22(25)19-12-14-21(27-2)15-13-19)23(26)20-10-8-18(9-11-20)17-6-4-3-5-7-17/h3-15,22,25H,16H2,1-2H3. The summed E-state index contributed by atoms with van der Waals surface area (Å²) in [5.41, 5.74) is 3.52. The Morgan fingerprint density at radius 1 is 0.926 bits per heavy atom. The molecule has 0 fully saturated rings. The summed E-state index contributed by atoms with van der Waals surface area (Å²) in [4.78, 5) is 14.2. The minimum atomic E-state index is -0.756. The van der Waals surface area contributed by atoms with Gasteiger partial charge in [0.15, 0.2) is 0 Å². The lowest BCUT2D eigenvalue weighted by atomic mass is 10.0. The Labute approximate surface area is 159 Å². The van der Waals surface area contributed by atoms with Crippen molar-refractivity contribution in [1.29, 1.82) is 0 Å². The first-order valence-corrected chi connectivity index (χ1v) is 8.81. The number of hydrogen-bond donors (Lipinski definition) is 1. The van der Waals surface area contributed by atoms with Gasteiger partial charge in [-0.05, 0) is 41.0 Å². The number of aliphatic hydroxyl groups excluding tert-OH is 1. The summed E-state index contributed by atoms with van der Waals surface area (Å²) >= 11 is 0. The second-order valence-corrected chi connectivity index (χ2v) is 6.42. The first kappa shape index (κ1) is 18.7. The van der Waals surface area contributed by atoms with E-state index in [1.165, 1.54) is 4.90 Å². The average molecular weight is 361 g/mol. The highest BCUT2D eigenvalue weighted by Crippen LogP contribution is 2.21. The minimum absolute atomic E-state index is 0.123. The Bertz CT molecular complexity index is 874. The molecule has 1 amide bonds. The summed E-state index contributed by atoms with van der Waals surface area (Å²) in [6, 6.07) is 24.7. The van der Waals surface area contributed by atoms with Crippen molar-refractivity contribution in [3.63, 3.8) is 0 Å². The maximum absolute atomic E-state index is 12.7. The first-order valence-electron chi connectivity index (χ1n) is 8.81. The van der Waals surface area contributed by atoms with Gasteiger partial charge in [-0.3, -0.25) is 4.79 Å². The summed E-state index contributed by atoms with van der Waals surface area (Å²) in [6.07, 6.45) is -0.756. The second-order valence-electron chi connectivity index (χ2n) is 6.42. The molecular formula is C23H23NO3. The molecule has 0 aliphatic heterocycles. The molecule has 4 heteroatoms. The van der Waals surface area contributed by atoms with E-state index < -0.39 is 6.10 Å². The second kappa shape index (κ2) is 8.52. The summed E-state index contributed by atoms with van der Waals surface area (Å²) in [5.74, 6) is 0.607. The average Bonchev–Trinajstić information content (AvgIpc) is 2.74. The van der Waals surface area contributed by atoms with Crippen LogP contribution in [0.4, 0.5) is 0 Å². The van der Waals surface area contributed by atoms with Gasteiger partial charge in [-0.15, -0.1) is 0 Å². The Morgan fingerprint density at radius 2 is 1.52 bits per heavy atom. The van der Waals surface area contributed by atoms with Gasteiger partial charge in [-0.1, -0.05) is 54.6 Å². The van der Waals surface area contributed by atoms with Crippen LogP contribution in [0, 0.1) is 0 Å². The molecule has 0 spiro atoms. The number of rotatable bonds is 6. The summed E-state index contributed by atoms with van der Waals surface area (Å²) in [5, 5.41) is 10.4. The Morgan fingerprint density at radius 3 is 2.11 bits per heavy atom. The van der Waals surface area contributed by atoms with Gasteiger partial charge in [0.2, 0.25) is 0 Å². The van der Waals surface area contributed by atoms with Crippen LogP contribution >= 0.6 is 0 Å². The van der Waals surface area contributed by atoms with Gasteiger partial charge < -0.3 is 14.7 Å². The molecule has 27 heavy (non-hydrogen) atoms. The van der Waals surface area contributed by atoms with Gasteiger partial charge in [0.25, 0.3) is 5.91 Å². The van der Waals surface area contributed by atoms with Crippen molar-refractivity contribution in [2.75, 3.05) is 20.7 Å². The molecule has 3 rings (SSSR count). The molecule has 1 N–H and O–H groups in total. The first-order chi connectivity index (χ1) is 13.1. The summed E-state index contributed by atoms with van der Waals surface area (Å²) in [7, 11) is 3.29. The topological polar surface area (TPSA) is 49.8 Å². The number of amides is 1. The predicted molar refractivity (Wildman–Crippen MR) is 107 cm³/mol. The minimum Gasteiger partial charge on any atom is -0.497 e. The van der Waals surface area contributed by atoms with Crippen molar-refractivity contribution in [2.24, 2.45) is 0 Å². The summed E-state index contributed by atoms with van der Waals surface area (Å²) < 4.78 is 5.12. The monoisotopic (exact) mass is 361 g/mol. The zero-order chi connectivity index (χ0) is 19.2. The van der Waals surface area contributed by atoms with E-state index in [0.717, 1.165) is 22.4 Å². The molecule has 0 saturated carbocycles. The Balaban J connectivity index is 1.65. The third-order valence-electron chi connectivity index (χ3n) is 4.53. The number of aliphatic hydroxyl groups is 1. The van der Waals surface area contributed by atoms with Gasteiger partial charge >= 0.3 is 0 Å². The molecule has 3 aromatic rings. The molecule has 4 nitrogen and oxygen atoms in total. The highest BCUT2D eigenvalue weighted by Gasteiger charge is 2.17. The molecule has 0 aliphatic carbocycles. The molecule has 0 bridgehead atoms. The van der Waals surface area contributed by atoms with Crippen molar-refractivity contribution in [3.05, 3.63) is 90.0 Å². The van der Waals surface area contributed by atoms with Crippen molar-refractivity contribution in [2.45, 2.75) is 6.10 Å². The molecule has 1 unspecified atom stereocenters. The van der Waals surface area contributed by atoms with Crippen molar-refractivity contribution >= 4 is 5.91 Å². The third-order valence-corrected chi connectivity index (χ3v) is 4.53. The third kappa shape index (κ3) is 4.54. The van der Waals surface area contributed by atoms with Gasteiger partial charge in [0.05, 0.1) is 19.8 Å². The summed E-state index contributed by atoms with van der Waals surface area (Å²) in [6.45, 7) is 0.214. The quantitative estimate of drug-likeness (QED) is 0.717. The number of hydrogen-bond acceptors (Lipinski definition) is 3. The van der Waals surface area contributed by atoms with Gasteiger partial charge in [-0.25, -0.2) is 0 Å². The molecule has 0 aliphatic rings. The number of nitrogens with zero attached hydrogens (tertiary/aromatic N) is 1. The van der Waals surface area contributed by atoms with E-state index in [9.17, 15) is 9.90 Å². The maximum Gasteiger partial charge on any atom is 0.253 e. The smallest absolute Gasteiger partial charge is 0.253 e. The molecular weight excluding hydrogens is 338 g/mol. The van der Waals surface area contributed by atoms with Crippen LogP contribution in [0.2, 0.25) is 0 Å². The van der Waals surface area contributed by atoms with E-state index in [2.05, 4.69) is 0 Å². The zero-order valence-electron chi connectivity index (χ0n) is 15.5. The van der Waals surface area contributed by atoms with E-state index in [1.807, 2.05) is 54.6 Å². The van der Waals surface area contributed by atoms with Crippen LogP contribution in [0.25, 0.3) is 11.1 Å². The fourth-order valence-corrected chi connectivity index (χ4v) is 2.93. The SMILES string of the molecule is COc1ccc(C(O)CN(C)C(=O)c2ccc(-c3ccccc3)cc2)cc1. The van der Waals surface area contributed by atoms with Crippen LogP contribution in [-0.4, -0.2) is 36.6 Å². The van der Waals surface area contributed by atoms with Crippen LogP contribution in [0.1, 0.15) is 22.0 Å². The molecule has 3 aromatic carbocycles. The van der Waals surface area contributed by atoms with Gasteiger partial charge in [0.1, 0.15) is 5.75 Å². The fourth-order valence-electron chi connectivity index (χ4n) is 2.93. The van der Waals surface area contributed by atoms with Crippen LogP contribution < -0.4 is 4.74 Å². The lowest BCUT2D eigenvalue weighted by Crippen LogP contribution is -2.31. The molecule has 1 atom stereocenters. The number of ether oxygens (including phenoxy) is 1. The van der Waals surface area contributed by atoms with Crippen LogP contribution in [-0.2, 0) is 0 Å². The van der Waals surface area contributed by atoms with Crippen LogP contribution in [0.15, 0.2) is 78.9 Å². The maximum atomic E-state index is 12.7. The fraction of sp³-hybridized carbons (Fsp3) is 0.174. The highest BCUT2D eigenvalue weighted by molar-refractivity contribution is 5.94. The largest absolute Gasteiger partial charge is 0.497 e. The van der Waals surface area contributed by atoms with Crippen LogP contribution in [0.5, 0.6) is 5.75 Å². The number of likely N-dealkylation sites (N-methyl/N-ethyl adjacent to an activating group) is 1. The van der Waals surface area contributed by atoms with Crippen molar-refractivity contribution in [1.82, 2.24) is 4.90 Å². The van der Waals surface area contributed by atoms with E-state index in [-0.39, 0.29) is 12.5 Å². The van der Waals surface area contributed by atoms with E-state index in [1.54, 1.807) is 38.4 Å². The van der Waals surface area contributed by atoms with E-state index in [4.69, 9.17) is 4.74 Å². The normalized spacial score (nSPS) is 11.7. The van der Waals surface area contributed by atoms with Crippen LogP contribution in [0.3, 0.4) is 0 Å². The number of methoxy groups -OCH3 is 1. The Hall–Kier alpha value is -3.11. The lowest BCUT2D eigenvalue weighted by molar-refractivity contribution is 0.0681. The highest BCUT2D eigenvalue weighted by atomic mass is 16.5. The van der Waals surface area contributed by atoms with E-state index >= 15 is 0 Å². The predicted octanol–water partition coefficient (Wildman–Crippen LogP) is 4.17. The van der Waals surface area contributed by atoms with E-state index in [0.29, 0.717) is 5.56 Å². The van der Waals surface area contributed by atoms with Crippen molar-refractivity contribution < 1.29 is 14.6 Å². The molecule has 0 aromatic heterocycles. The molecule has 138 valence electrons. The van der Waals surface area contributed by atoms with Gasteiger partial charge in [0, 0.05) is 12.6 Å². The number of carbonyl (C=O) groups is 1. The molecule has 0 saturated heterocycles.